The molecule has 0 saturated carbocycles. The second-order valence-electron chi connectivity index (χ2n) is 4.41. The van der Waals surface area contributed by atoms with Gasteiger partial charge in [0.2, 0.25) is 0 Å². The quantitative estimate of drug-likeness (QED) is 0.779. The summed E-state index contributed by atoms with van der Waals surface area (Å²) in [5.74, 6) is -0.252. The van der Waals surface area contributed by atoms with Crippen LogP contribution in [0.2, 0.25) is 0 Å². The Bertz CT molecular complexity index is 867. The zero-order chi connectivity index (χ0) is 14.7. The van der Waals surface area contributed by atoms with Gasteiger partial charge < -0.3 is 5.32 Å². The maximum Gasteiger partial charge on any atom is 0.255 e. The Morgan fingerprint density at radius 3 is 2.67 bits per heavy atom. The summed E-state index contributed by atoms with van der Waals surface area (Å²) in [5.41, 5.74) is 2.97. The second-order valence-corrected chi connectivity index (χ2v) is 4.41. The number of nitrogens with one attached hydrogen (secondary N) is 1. The van der Waals surface area contributed by atoms with Crippen LogP contribution < -0.4 is 5.32 Å². The molecule has 1 N–H and O–H groups in total. The highest BCUT2D eigenvalue weighted by molar-refractivity contribution is 6.05. The first-order chi connectivity index (χ1) is 10.3. The molecule has 0 fully saturated rings. The molecule has 0 unspecified atom stereocenters. The van der Waals surface area contributed by atoms with Crippen molar-refractivity contribution in [2.45, 2.75) is 0 Å². The summed E-state index contributed by atoms with van der Waals surface area (Å²) in [6.07, 6.45) is 3.19. The van der Waals surface area contributed by atoms with Crippen LogP contribution in [0.15, 0.2) is 54.9 Å². The number of rotatable bonds is 2. The van der Waals surface area contributed by atoms with Gasteiger partial charge in [0.05, 0.1) is 22.7 Å². The topological polar surface area (TPSA) is 78.7 Å². The number of nitriles is 1. The third-order valence-electron chi connectivity index (χ3n) is 2.98. The molecule has 0 aliphatic rings. The summed E-state index contributed by atoms with van der Waals surface area (Å²) in [7, 11) is 0. The fraction of sp³-hybridized carbons (Fsp3) is 0. The number of amides is 1. The largest absolute Gasteiger partial charge is 0.322 e. The van der Waals surface area contributed by atoms with E-state index in [1.807, 2.05) is 6.07 Å². The number of hydrogen-bond acceptors (Lipinski definition) is 4. The molecule has 3 rings (SSSR count). The minimum absolute atomic E-state index is 0.252. The Morgan fingerprint density at radius 1 is 1.05 bits per heavy atom. The van der Waals surface area contributed by atoms with Crippen LogP contribution in [-0.2, 0) is 0 Å². The van der Waals surface area contributed by atoms with Crippen LogP contribution in [0, 0.1) is 11.3 Å². The van der Waals surface area contributed by atoms with Crippen molar-refractivity contribution < 1.29 is 4.79 Å². The molecule has 0 spiro atoms. The third-order valence-corrected chi connectivity index (χ3v) is 2.98. The van der Waals surface area contributed by atoms with Crippen molar-refractivity contribution >= 4 is 22.6 Å². The fourth-order valence-corrected chi connectivity index (χ4v) is 1.97. The van der Waals surface area contributed by atoms with Crippen molar-refractivity contribution in [1.82, 2.24) is 9.97 Å². The van der Waals surface area contributed by atoms with E-state index >= 15 is 0 Å². The lowest BCUT2D eigenvalue weighted by atomic mass is 10.1. The van der Waals surface area contributed by atoms with E-state index < -0.39 is 0 Å². The Balaban J connectivity index is 1.88. The van der Waals surface area contributed by atoms with E-state index in [0.29, 0.717) is 22.3 Å². The molecule has 0 bridgehead atoms. The lowest BCUT2D eigenvalue weighted by Gasteiger charge is -2.06. The summed E-state index contributed by atoms with van der Waals surface area (Å²) in [5, 5.41) is 11.6. The standard InChI is InChI=1S/C16H10N4O/c17-10-11-2-1-3-13(8-11)20-16(21)12-4-5-14-15(9-12)19-7-6-18-14/h1-9H,(H,20,21). The highest BCUT2D eigenvalue weighted by Crippen LogP contribution is 2.14. The molecular weight excluding hydrogens is 264 g/mol. The van der Waals surface area contributed by atoms with Gasteiger partial charge in [-0.1, -0.05) is 6.07 Å². The average Bonchev–Trinajstić information content (AvgIpc) is 2.54. The van der Waals surface area contributed by atoms with Gasteiger partial charge in [-0.2, -0.15) is 5.26 Å². The molecule has 0 atom stereocenters. The van der Waals surface area contributed by atoms with Crippen LogP contribution in [0.5, 0.6) is 0 Å². The number of carbonyl (C=O) groups is 1. The van der Waals surface area contributed by atoms with Gasteiger partial charge in [0.15, 0.2) is 0 Å². The minimum atomic E-state index is -0.252. The fourth-order valence-electron chi connectivity index (χ4n) is 1.97. The van der Waals surface area contributed by atoms with Crippen molar-refractivity contribution in [2.75, 3.05) is 5.32 Å². The Labute approximate surface area is 120 Å². The maximum absolute atomic E-state index is 12.2. The third kappa shape index (κ3) is 2.69. The molecule has 0 saturated heterocycles. The maximum atomic E-state index is 12.2. The van der Waals surface area contributed by atoms with Crippen LogP contribution in [0.1, 0.15) is 15.9 Å². The number of fused-ring (bicyclic) bond motifs is 1. The first kappa shape index (κ1) is 12.8. The molecule has 0 aliphatic heterocycles. The summed E-state index contributed by atoms with van der Waals surface area (Å²) in [4.78, 5) is 20.5. The Hall–Kier alpha value is -3.26. The van der Waals surface area contributed by atoms with Gasteiger partial charge in [0, 0.05) is 23.6 Å². The molecule has 1 amide bonds. The monoisotopic (exact) mass is 274 g/mol. The van der Waals surface area contributed by atoms with Gasteiger partial charge in [0.25, 0.3) is 5.91 Å². The summed E-state index contributed by atoms with van der Waals surface area (Å²) in [6, 6.07) is 13.9. The van der Waals surface area contributed by atoms with Gasteiger partial charge >= 0.3 is 0 Å². The molecule has 3 aromatic rings. The highest BCUT2D eigenvalue weighted by Gasteiger charge is 2.08. The van der Waals surface area contributed by atoms with Crippen LogP contribution >= 0.6 is 0 Å². The molecule has 5 nitrogen and oxygen atoms in total. The molecular formula is C16H10N4O. The lowest BCUT2D eigenvalue weighted by molar-refractivity contribution is 0.102. The van der Waals surface area contributed by atoms with Crippen LogP contribution in [-0.4, -0.2) is 15.9 Å². The van der Waals surface area contributed by atoms with Crippen molar-refractivity contribution in [3.8, 4) is 6.07 Å². The minimum Gasteiger partial charge on any atom is -0.322 e. The zero-order valence-corrected chi connectivity index (χ0v) is 10.9. The van der Waals surface area contributed by atoms with Gasteiger partial charge in [-0.15, -0.1) is 0 Å². The lowest BCUT2D eigenvalue weighted by Crippen LogP contribution is -2.12. The number of anilines is 1. The Morgan fingerprint density at radius 2 is 1.86 bits per heavy atom. The highest BCUT2D eigenvalue weighted by atomic mass is 16.1. The number of nitrogens with zero attached hydrogens (tertiary/aromatic N) is 3. The first-order valence-corrected chi connectivity index (χ1v) is 6.28. The van der Waals surface area contributed by atoms with Crippen molar-refractivity contribution in [1.29, 1.82) is 5.26 Å². The van der Waals surface area contributed by atoms with Gasteiger partial charge in [-0.25, -0.2) is 0 Å². The van der Waals surface area contributed by atoms with E-state index in [-0.39, 0.29) is 5.91 Å². The van der Waals surface area contributed by atoms with Gasteiger partial charge in [-0.3, -0.25) is 14.8 Å². The molecule has 2 aromatic carbocycles. The molecule has 100 valence electrons. The van der Waals surface area contributed by atoms with E-state index in [2.05, 4.69) is 15.3 Å². The van der Waals surface area contributed by atoms with Crippen molar-refractivity contribution in [2.24, 2.45) is 0 Å². The van der Waals surface area contributed by atoms with E-state index in [1.54, 1.807) is 54.9 Å². The van der Waals surface area contributed by atoms with E-state index in [0.717, 1.165) is 5.52 Å². The molecule has 0 aliphatic carbocycles. The number of aromatic nitrogens is 2. The van der Waals surface area contributed by atoms with Crippen molar-refractivity contribution in [3.05, 3.63) is 66.0 Å². The summed E-state index contributed by atoms with van der Waals surface area (Å²) < 4.78 is 0. The van der Waals surface area contributed by atoms with Crippen LogP contribution in [0.25, 0.3) is 11.0 Å². The zero-order valence-electron chi connectivity index (χ0n) is 10.9. The molecule has 1 aromatic heterocycles. The second kappa shape index (κ2) is 5.39. The predicted octanol–water partition coefficient (Wildman–Crippen LogP) is 2.75. The van der Waals surface area contributed by atoms with Crippen LogP contribution in [0.4, 0.5) is 5.69 Å². The number of benzene rings is 2. The molecule has 21 heavy (non-hydrogen) atoms. The Kier molecular flexibility index (Phi) is 3.27. The molecule has 1 heterocycles. The summed E-state index contributed by atoms with van der Waals surface area (Å²) >= 11 is 0. The van der Waals surface area contributed by atoms with Gasteiger partial charge in [0.1, 0.15) is 0 Å². The molecule has 0 radical (unpaired) electrons. The average molecular weight is 274 g/mol. The SMILES string of the molecule is N#Cc1cccc(NC(=O)c2ccc3nccnc3c2)c1. The summed E-state index contributed by atoms with van der Waals surface area (Å²) in [6.45, 7) is 0. The van der Waals surface area contributed by atoms with E-state index in [4.69, 9.17) is 5.26 Å². The number of hydrogen-bond donors (Lipinski definition) is 1. The smallest absolute Gasteiger partial charge is 0.255 e. The number of carbonyl (C=O) groups excluding carboxylic acids is 1. The first-order valence-electron chi connectivity index (χ1n) is 6.28. The van der Waals surface area contributed by atoms with E-state index in [9.17, 15) is 4.79 Å². The van der Waals surface area contributed by atoms with Crippen LogP contribution in [0.3, 0.4) is 0 Å². The molecule has 5 heteroatoms. The normalized spacial score (nSPS) is 10.0. The van der Waals surface area contributed by atoms with Crippen molar-refractivity contribution in [3.63, 3.8) is 0 Å². The predicted molar refractivity (Wildman–Crippen MR) is 78.6 cm³/mol. The van der Waals surface area contributed by atoms with Gasteiger partial charge in [-0.05, 0) is 36.4 Å². The van der Waals surface area contributed by atoms with E-state index in [1.165, 1.54) is 0 Å².